The van der Waals surface area contributed by atoms with E-state index in [0.29, 0.717) is 25.1 Å². The van der Waals surface area contributed by atoms with E-state index >= 15 is 0 Å². The minimum absolute atomic E-state index is 0.00304. The van der Waals surface area contributed by atoms with E-state index in [0.717, 1.165) is 31.6 Å². The lowest BCUT2D eigenvalue weighted by atomic mass is 9.95. The second kappa shape index (κ2) is 6.90. The molecule has 1 amide bonds. The summed E-state index contributed by atoms with van der Waals surface area (Å²) in [5, 5.41) is 22.6. The first-order valence-electron chi connectivity index (χ1n) is 8.41. The number of aromatic carboxylic acids is 1. The zero-order chi connectivity index (χ0) is 17.3. The van der Waals surface area contributed by atoms with Gasteiger partial charge in [-0.05, 0) is 26.4 Å². The SMILES string of the molecule is CN1CCC[C@H](C(=O)N2CCc3c(c(C(=O)O)nn3CCO)C2)C1. The molecule has 2 aliphatic rings. The van der Waals surface area contributed by atoms with Crippen molar-refractivity contribution in [3.8, 4) is 0 Å². The van der Waals surface area contributed by atoms with Gasteiger partial charge < -0.3 is 20.0 Å². The van der Waals surface area contributed by atoms with Crippen molar-refractivity contribution in [1.29, 1.82) is 0 Å². The molecule has 0 unspecified atom stereocenters. The molecule has 2 N–H and O–H groups in total. The van der Waals surface area contributed by atoms with Crippen molar-refractivity contribution in [3.63, 3.8) is 0 Å². The van der Waals surface area contributed by atoms with Gasteiger partial charge in [0.15, 0.2) is 5.69 Å². The molecule has 3 rings (SSSR count). The Hall–Kier alpha value is -1.93. The molecule has 3 heterocycles. The fourth-order valence-electron chi connectivity index (χ4n) is 3.76. The number of likely N-dealkylation sites (tertiary alicyclic amines) is 1. The minimum atomic E-state index is -1.09. The number of hydrogen-bond acceptors (Lipinski definition) is 5. The first-order chi connectivity index (χ1) is 11.5. The van der Waals surface area contributed by atoms with Gasteiger partial charge in [0.2, 0.25) is 5.91 Å². The van der Waals surface area contributed by atoms with Crippen LogP contribution in [0.25, 0.3) is 0 Å². The molecular formula is C16H24N4O4. The molecule has 0 radical (unpaired) electrons. The zero-order valence-electron chi connectivity index (χ0n) is 13.9. The van der Waals surface area contributed by atoms with E-state index in [1.54, 1.807) is 9.58 Å². The molecule has 0 saturated carbocycles. The van der Waals surface area contributed by atoms with E-state index in [4.69, 9.17) is 5.11 Å². The van der Waals surface area contributed by atoms with Gasteiger partial charge in [-0.2, -0.15) is 5.10 Å². The highest BCUT2D eigenvalue weighted by molar-refractivity contribution is 5.88. The summed E-state index contributed by atoms with van der Waals surface area (Å²) < 4.78 is 1.56. The molecule has 132 valence electrons. The molecule has 0 spiro atoms. The number of carbonyl (C=O) groups excluding carboxylic acids is 1. The highest BCUT2D eigenvalue weighted by Gasteiger charge is 2.33. The lowest BCUT2D eigenvalue weighted by molar-refractivity contribution is -0.138. The average molecular weight is 336 g/mol. The summed E-state index contributed by atoms with van der Waals surface area (Å²) in [6.07, 6.45) is 2.48. The first-order valence-corrected chi connectivity index (χ1v) is 8.41. The lowest BCUT2D eigenvalue weighted by Gasteiger charge is -2.35. The predicted octanol–water partition coefficient (Wildman–Crippen LogP) is -0.200. The van der Waals surface area contributed by atoms with E-state index in [2.05, 4.69) is 10.00 Å². The number of nitrogens with zero attached hydrogens (tertiary/aromatic N) is 4. The topological polar surface area (TPSA) is 98.9 Å². The average Bonchev–Trinajstić information content (AvgIpc) is 2.93. The Bertz CT molecular complexity index is 642. The number of amides is 1. The summed E-state index contributed by atoms with van der Waals surface area (Å²) in [7, 11) is 2.02. The second-order valence-corrected chi connectivity index (χ2v) is 6.64. The van der Waals surface area contributed by atoms with Crippen molar-refractivity contribution in [3.05, 3.63) is 17.0 Å². The van der Waals surface area contributed by atoms with E-state index in [1.165, 1.54) is 0 Å². The van der Waals surface area contributed by atoms with Crippen LogP contribution < -0.4 is 0 Å². The molecule has 0 aliphatic carbocycles. The summed E-state index contributed by atoms with van der Waals surface area (Å²) in [5.41, 5.74) is 1.43. The van der Waals surface area contributed by atoms with Crippen LogP contribution in [0.3, 0.4) is 0 Å². The Morgan fingerprint density at radius 3 is 2.79 bits per heavy atom. The van der Waals surface area contributed by atoms with Gasteiger partial charge in [0.05, 0.1) is 19.1 Å². The van der Waals surface area contributed by atoms with Crippen molar-refractivity contribution in [2.75, 3.05) is 33.3 Å². The number of carboxylic acids is 1. The van der Waals surface area contributed by atoms with Crippen LogP contribution in [0.4, 0.5) is 0 Å². The number of hydrogen-bond donors (Lipinski definition) is 2. The normalized spacial score (nSPS) is 21.6. The summed E-state index contributed by atoms with van der Waals surface area (Å²) in [6.45, 7) is 2.83. The molecule has 1 aromatic heterocycles. The fraction of sp³-hybridized carbons (Fsp3) is 0.688. The van der Waals surface area contributed by atoms with E-state index in [1.807, 2.05) is 7.05 Å². The summed E-state index contributed by atoms with van der Waals surface area (Å²) in [4.78, 5) is 28.2. The van der Waals surface area contributed by atoms with Gasteiger partial charge in [0, 0.05) is 37.3 Å². The second-order valence-electron chi connectivity index (χ2n) is 6.64. The predicted molar refractivity (Wildman–Crippen MR) is 85.6 cm³/mol. The standard InChI is InChI=1S/C16H24N4O4/c1-18-5-2-3-11(9-18)15(22)19-6-4-13-12(10-19)14(16(23)24)17-20(13)7-8-21/h11,21H,2-10H2,1H3,(H,23,24)/t11-/m0/s1. The number of aliphatic hydroxyl groups is 1. The van der Waals surface area contributed by atoms with E-state index in [9.17, 15) is 14.7 Å². The van der Waals surface area contributed by atoms with Crippen LogP contribution in [-0.2, 0) is 24.3 Å². The van der Waals surface area contributed by atoms with Crippen LogP contribution in [-0.4, -0.2) is 75.0 Å². The minimum Gasteiger partial charge on any atom is -0.476 e. The Morgan fingerprint density at radius 1 is 1.33 bits per heavy atom. The molecular weight excluding hydrogens is 312 g/mol. The van der Waals surface area contributed by atoms with Crippen LogP contribution in [0.1, 0.15) is 34.6 Å². The number of aromatic nitrogens is 2. The highest BCUT2D eigenvalue weighted by atomic mass is 16.4. The maximum absolute atomic E-state index is 12.8. The van der Waals surface area contributed by atoms with Crippen molar-refractivity contribution in [2.24, 2.45) is 5.92 Å². The first kappa shape index (κ1) is 16.9. The number of fused-ring (bicyclic) bond motifs is 1. The molecule has 1 saturated heterocycles. The van der Waals surface area contributed by atoms with Crippen molar-refractivity contribution in [2.45, 2.75) is 32.4 Å². The third kappa shape index (κ3) is 3.16. The Labute approximate surface area is 140 Å². The molecule has 24 heavy (non-hydrogen) atoms. The van der Waals surface area contributed by atoms with Crippen molar-refractivity contribution < 1.29 is 19.8 Å². The maximum Gasteiger partial charge on any atom is 0.356 e. The van der Waals surface area contributed by atoms with Crippen LogP contribution in [0.2, 0.25) is 0 Å². The summed E-state index contributed by atoms with van der Waals surface area (Å²) >= 11 is 0. The number of piperidine rings is 1. The third-order valence-electron chi connectivity index (χ3n) is 4.93. The number of carboxylic acid groups (broad SMARTS) is 1. The Kier molecular flexibility index (Phi) is 4.86. The van der Waals surface area contributed by atoms with Crippen molar-refractivity contribution in [1.82, 2.24) is 19.6 Å². The molecule has 8 heteroatoms. The Balaban J connectivity index is 1.80. The molecule has 1 fully saturated rings. The number of rotatable bonds is 4. The summed E-state index contributed by atoms with van der Waals surface area (Å²) in [6, 6.07) is 0. The van der Waals surface area contributed by atoms with Gasteiger partial charge >= 0.3 is 5.97 Å². The molecule has 8 nitrogen and oxygen atoms in total. The largest absolute Gasteiger partial charge is 0.476 e. The smallest absolute Gasteiger partial charge is 0.356 e. The zero-order valence-corrected chi connectivity index (χ0v) is 13.9. The van der Waals surface area contributed by atoms with Gasteiger partial charge in [-0.3, -0.25) is 9.48 Å². The van der Waals surface area contributed by atoms with Gasteiger partial charge in [0.25, 0.3) is 0 Å². The lowest BCUT2D eigenvalue weighted by Crippen LogP contribution is -2.45. The number of aliphatic hydroxyl groups excluding tert-OH is 1. The van der Waals surface area contributed by atoms with Gasteiger partial charge in [-0.25, -0.2) is 4.79 Å². The quantitative estimate of drug-likeness (QED) is 0.790. The van der Waals surface area contributed by atoms with Crippen molar-refractivity contribution >= 4 is 11.9 Å². The molecule has 0 bridgehead atoms. The van der Waals surface area contributed by atoms with Crippen LogP contribution in [0.15, 0.2) is 0 Å². The molecule has 0 aromatic carbocycles. The van der Waals surface area contributed by atoms with Crippen LogP contribution >= 0.6 is 0 Å². The summed E-state index contributed by atoms with van der Waals surface area (Å²) in [5.74, 6) is -0.987. The molecule has 1 aromatic rings. The highest BCUT2D eigenvalue weighted by Crippen LogP contribution is 2.26. The fourth-order valence-corrected chi connectivity index (χ4v) is 3.76. The number of carbonyl (C=O) groups is 2. The monoisotopic (exact) mass is 336 g/mol. The van der Waals surface area contributed by atoms with E-state index in [-0.39, 0.29) is 30.7 Å². The third-order valence-corrected chi connectivity index (χ3v) is 4.93. The van der Waals surface area contributed by atoms with E-state index < -0.39 is 5.97 Å². The molecule has 2 aliphatic heterocycles. The van der Waals surface area contributed by atoms with Crippen LogP contribution in [0.5, 0.6) is 0 Å². The molecule has 1 atom stereocenters. The van der Waals surface area contributed by atoms with Gasteiger partial charge in [-0.15, -0.1) is 0 Å². The van der Waals surface area contributed by atoms with Gasteiger partial charge in [0.1, 0.15) is 0 Å². The maximum atomic E-state index is 12.8. The Morgan fingerprint density at radius 2 is 2.12 bits per heavy atom. The van der Waals surface area contributed by atoms with Crippen LogP contribution in [0, 0.1) is 5.92 Å². The van der Waals surface area contributed by atoms with Gasteiger partial charge in [-0.1, -0.05) is 0 Å².